The third-order valence-corrected chi connectivity index (χ3v) is 4.11. The van der Waals surface area contributed by atoms with E-state index in [-0.39, 0.29) is 12.3 Å². The number of nitrogens with one attached hydrogen (secondary N) is 2. The number of carboxylic acids is 1. The molecule has 1 amide bonds. The first-order valence-corrected chi connectivity index (χ1v) is 8.10. The number of carboxylic acid groups (broad SMARTS) is 1. The molecule has 0 bridgehead atoms. The van der Waals surface area contributed by atoms with Gasteiger partial charge in [-0.05, 0) is 30.9 Å². The van der Waals surface area contributed by atoms with Crippen LogP contribution in [0.3, 0.4) is 0 Å². The number of rotatable bonds is 8. The maximum absolute atomic E-state index is 12.0. The molecule has 23 heavy (non-hydrogen) atoms. The molecule has 0 fully saturated rings. The Hall–Kier alpha value is -2.30. The van der Waals surface area contributed by atoms with Crippen molar-refractivity contribution in [3.05, 3.63) is 35.5 Å². The van der Waals surface area contributed by atoms with Crippen molar-refractivity contribution in [2.24, 2.45) is 0 Å². The summed E-state index contributed by atoms with van der Waals surface area (Å²) in [5.41, 5.74) is 3.34. The molecule has 1 aromatic heterocycles. The molecule has 1 heterocycles. The van der Waals surface area contributed by atoms with Gasteiger partial charge in [-0.15, -0.1) is 0 Å². The van der Waals surface area contributed by atoms with Crippen LogP contribution in [0.1, 0.15) is 43.7 Å². The van der Waals surface area contributed by atoms with Gasteiger partial charge in [0.25, 0.3) is 0 Å². The van der Waals surface area contributed by atoms with Gasteiger partial charge in [0.2, 0.25) is 5.91 Å². The second-order valence-corrected chi connectivity index (χ2v) is 5.91. The fourth-order valence-corrected chi connectivity index (χ4v) is 2.75. The van der Waals surface area contributed by atoms with E-state index < -0.39 is 12.0 Å². The number of aromatic nitrogens is 1. The van der Waals surface area contributed by atoms with Crippen molar-refractivity contribution in [3.63, 3.8) is 0 Å². The van der Waals surface area contributed by atoms with Crippen LogP contribution in [0.5, 0.6) is 0 Å². The van der Waals surface area contributed by atoms with Crippen LogP contribution in [-0.4, -0.2) is 28.0 Å². The summed E-state index contributed by atoms with van der Waals surface area (Å²) in [4.78, 5) is 26.4. The zero-order valence-electron chi connectivity index (χ0n) is 13.7. The highest BCUT2D eigenvalue weighted by Gasteiger charge is 2.19. The van der Waals surface area contributed by atoms with Crippen molar-refractivity contribution in [1.82, 2.24) is 10.3 Å². The zero-order chi connectivity index (χ0) is 16.8. The number of carbonyl (C=O) groups is 2. The monoisotopic (exact) mass is 316 g/mol. The molecule has 2 aromatic rings. The number of unbranched alkanes of at least 4 members (excludes halogenated alkanes) is 1. The Labute approximate surface area is 136 Å². The number of carbonyl (C=O) groups excluding carboxylic acids is 1. The molecule has 124 valence electrons. The van der Waals surface area contributed by atoms with E-state index in [9.17, 15) is 9.59 Å². The first-order chi connectivity index (χ1) is 11.0. The number of benzene rings is 1. The summed E-state index contributed by atoms with van der Waals surface area (Å²) in [7, 11) is 0. The molecule has 0 saturated heterocycles. The number of aryl methyl sites for hydroxylation is 2. The summed E-state index contributed by atoms with van der Waals surface area (Å²) in [5, 5.41) is 12.9. The van der Waals surface area contributed by atoms with Gasteiger partial charge in [0.1, 0.15) is 6.04 Å². The van der Waals surface area contributed by atoms with Crippen LogP contribution >= 0.6 is 0 Å². The highest BCUT2D eigenvalue weighted by molar-refractivity contribution is 5.87. The topological polar surface area (TPSA) is 82.2 Å². The SMILES string of the molecule is CCCC[C@H](NC(=O)CCc1c[nH]c2c(C)cccc12)C(=O)O. The van der Waals surface area contributed by atoms with Crippen molar-refractivity contribution in [3.8, 4) is 0 Å². The number of amides is 1. The van der Waals surface area contributed by atoms with Gasteiger partial charge in [0, 0.05) is 23.5 Å². The summed E-state index contributed by atoms with van der Waals surface area (Å²) in [6, 6.07) is 5.29. The largest absolute Gasteiger partial charge is 0.480 e. The molecule has 0 unspecified atom stereocenters. The predicted molar refractivity (Wildman–Crippen MR) is 90.4 cm³/mol. The molecule has 5 heteroatoms. The second-order valence-electron chi connectivity index (χ2n) is 5.91. The normalized spacial score (nSPS) is 12.3. The number of para-hydroxylation sites is 1. The number of H-pyrrole nitrogens is 1. The van der Waals surface area contributed by atoms with E-state index in [1.165, 1.54) is 5.56 Å². The average Bonchev–Trinajstić information content (AvgIpc) is 2.93. The van der Waals surface area contributed by atoms with Gasteiger partial charge in [0.15, 0.2) is 0 Å². The van der Waals surface area contributed by atoms with Crippen molar-refractivity contribution in [2.45, 2.75) is 52.0 Å². The third-order valence-electron chi connectivity index (χ3n) is 4.11. The molecule has 5 nitrogen and oxygen atoms in total. The van der Waals surface area contributed by atoms with Gasteiger partial charge in [0.05, 0.1) is 0 Å². The number of hydrogen-bond donors (Lipinski definition) is 3. The predicted octanol–water partition coefficient (Wildman–Crippen LogP) is 3.17. The molecule has 1 aromatic carbocycles. The lowest BCUT2D eigenvalue weighted by Crippen LogP contribution is -2.40. The van der Waals surface area contributed by atoms with Crippen molar-refractivity contribution >= 4 is 22.8 Å². The molecular weight excluding hydrogens is 292 g/mol. The number of aliphatic carboxylic acids is 1. The maximum Gasteiger partial charge on any atom is 0.326 e. The fourth-order valence-electron chi connectivity index (χ4n) is 2.75. The smallest absolute Gasteiger partial charge is 0.326 e. The average molecular weight is 316 g/mol. The molecule has 0 radical (unpaired) electrons. The highest BCUT2D eigenvalue weighted by atomic mass is 16.4. The number of aromatic amines is 1. The minimum atomic E-state index is -0.963. The van der Waals surface area contributed by atoms with Crippen LogP contribution in [0.2, 0.25) is 0 Å². The first kappa shape index (κ1) is 17.1. The summed E-state index contributed by atoms with van der Waals surface area (Å²) < 4.78 is 0. The van der Waals surface area contributed by atoms with Gasteiger partial charge in [-0.25, -0.2) is 4.79 Å². The number of fused-ring (bicyclic) bond motifs is 1. The standard InChI is InChI=1S/C18H24N2O3/c1-3-4-8-15(18(22)23)20-16(21)10-9-13-11-19-17-12(2)6-5-7-14(13)17/h5-7,11,15,19H,3-4,8-10H2,1-2H3,(H,20,21)(H,22,23)/t15-/m0/s1. The highest BCUT2D eigenvalue weighted by Crippen LogP contribution is 2.22. The lowest BCUT2D eigenvalue weighted by atomic mass is 10.1. The summed E-state index contributed by atoms with van der Waals surface area (Å²) in [6.45, 7) is 4.04. The lowest BCUT2D eigenvalue weighted by molar-refractivity contribution is -0.142. The molecule has 3 N–H and O–H groups in total. The van der Waals surface area contributed by atoms with Gasteiger partial charge < -0.3 is 15.4 Å². The van der Waals surface area contributed by atoms with Gasteiger partial charge in [-0.1, -0.05) is 38.0 Å². The van der Waals surface area contributed by atoms with E-state index >= 15 is 0 Å². The first-order valence-electron chi connectivity index (χ1n) is 8.10. The summed E-state index contributed by atoms with van der Waals surface area (Å²) >= 11 is 0. The molecule has 0 spiro atoms. The van der Waals surface area contributed by atoms with Crippen LogP contribution in [0.4, 0.5) is 0 Å². The Morgan fingerprint density at radius 3 is 2.83 bits per heavy atom. The van der Waals surface area contributed by atoms with Crippen LogP contribution in [0.15, 0.2) is 24.4 Å². The molecule has 0 saturated carbocycles. The van der Waals surface area contributed by atoms with Crippen LogP contribution in [0, 0.1) is 6.92 Å². The van der Waals surface area contributed by atoms with Crippen LogP contribution in [-0.2, 0) is 16.0 Å². The minimum Gasteiger partial charge on any atom is -0.480 e. The van der Waals surface area contributed by atoms with Gasteiger partial charge in [-0.2, -0.15) is 0 Å². The van der Waals surface area contributed by atoms with E-state index in [0.29, 0.717) is 12.8 Å². The molecule has 0 aliphatic heterocycles. The fraction of sp³-hybridized carbons (Fsp3) is 0.444. The van der Waals surface area contributed by atoms with Crippen LogP contribution in [0.25, 0.3) is 10.9 Å². The molecule has 1 atom stereocenters. The zero-order valence-corrected chi connectivity index (χ0v) is 13.7. The van der Waals surface area contributed by atoms with E-state index in [4.69, 9.17) is 5.11 Å². The Kier molecular flexibility index (Phi) is 5.79. The van der Waals surface area contributed by atoms with Crippen molar-refractivity contribution < 1.29 is 14.7 Å². The molecule has 2 rings (SSSR count). The van der Waals surface area contributed by atoms with Crippen molar-refractivity contribution in [2.75, 3.05) is 0 Å². The van der Waals surface area contributed by atoms with Gasteiger partial charge in [-0.3, -0.25) is 4.79 Å². The number of hydrogen-bond acceptors (Lipinski definition) is 2. The summed E-state index contributed by atoms with van der Waals surface area (Å²) in [6.07, 6.45) is 4.99. The Bertz CT molecular complexity index is 691. The Balaban J connectivity index is 1.95. The Morgan fingerprint density at radius 1 is 1.35 bits per heavy atom. The van der Waals surface area contributed by atoms with Crippen LogP contribution < -0.4 is 5.32 Å². The van der Waals surface area contributed by atoms with E-state index in [2.05, 4.69) is 10.3 Å². The quantitative estimate of drug-likeness (QED) is 0.699. The van der Waals surface area contributed by atoms with E-state index in [0.717, 1.165) is 29.3 Å². The molecular formula is C18H24N2O3. The molecule has 0 aliphatic rings. The summed E-state index contributed by atoms with van der Waals surface area (Å²) in [5.74, 6) is -1.18. The second kappa shape index (κ2) is 7.81. The third kappa shape index (κ3) is 4.34. The van der Waals surface area contributed by atoms with Gasteiger partial charge >= 0.3 is 5.97 Å². The maximum atomic E-state index is 12.0. The van der Waals surface area contributed by atoms with Crippen molar-refractivity contribution in [1.29, 1.82) is 0 Å². The Morgan fingerprint density at radius 2 is 2.13 bits per heavy atom. The van der Waals surface area contributed by atoms with E-state index in [1.807, 2.05) is 38.2 Å². The van der Waals surface area contributed by atoms with E-state index in [1.54, 1.807) is 0 Å². The minimum absolute atomic E-state index is 0.212. The lowest BCUT2D eigenvalue weighted by Gasteiger charge is -2.13. The molecule has 0 aliphatic carbocycles.